The molecular weight excluding hydrogens is 276 g/mol. The van der Waals surface area contributed by atoms with Crippen molar-refractivity contribution in [2.24, 2.45) is 5.92 Å². The van der Waals surface area contributed by atoms with Crippen LogP contribution in [0.4, 0.5) is 0 Å². The van der Waals surface area contributed by atoms with Crippen LogP contribution in [0.5, 0.6) is 0 Å². The molecule has 0 radical (unpaired) electrons. The first-order valence-corrected chi connectivity index (χ1v) is 8.54. The number of allylic oxidation sites excluding steroid dienone is 5. The van der Waals surface area contributed by atoms with Crippen LogP contribution in [0.15, 0.2) is 77.9 Å². The number of fused-ring (bicyclic) bond motifs is 1. The van der Waals surface area contributed by atoms with E-state index in [9.17, 15) is 0 Å². The van der Waals surface area contributed by atoms with E-state index in [4.69, 9.17) is 0 Å². The molecule has 0 amide bonds. The average Bonchev–Trinajstić information content (AvgIpc) is 3.17. The topological polar surface area (TPSA) is 0 Å². The zero-order chi connectivity index (χ0) is 15.6. The molecule has 0 fully saturated rings. The van der Waals surface area contributed by atoms with Crippen molar-refractivity contribution in [3.8, 4) is 0 Å². The standard InChI is InChI=1S/C23H22/c1-17-19(13-14-23(17)20-7-3-2-4-8-20)12-11-18-15-21-9-5-6-10-22(21)16-18/h2-10,13-15,17H,11-12,16H2,1H3. The van der Waals surface area contributed by atoms with Crippen molar-refractivity contribution < 1.29 is 0 Å². The summed E-state index contributed by atoms with van der Waals surface area (Å²) in [6, 6.07) is 19.5. The van der Waals surface area contributed by atoms with Crippen LogP contribution in [0, 0.1) is 5.92 Å². The van der Waals surface area contributed by atoms with Crippen molar-refractivity contribution >= 4 is 11.6 Å². The molecule has 0 aliphatic heterocycles. The lowest BCUT2D eigenvalue weighted by Crippen LogP contribution is -1.99. The summed E-state index contributed by atoms with van der Waals surface area (Å²) in [5.41, 5.74) is 8.87. The third-order valence-corrected chi connectivity index (χ3v) is 5.17. The average molecular weight is 298 g/mol. The Bertz CT molecular complexity index is 803. The minimum atomic E-state index is 0.543. The fourth-order valence-electron chi connectivity index (χ4n) is 3.78. The highest BCUT2D eigenvalue weighted by Gasteiger charge is 2.20. The van der Waals surface area contributed by atoms with Gasteiger partial charge in [-0.25, -0.2) is 0 Å². The van der Waals surface area contributed by atoms with Gasteiger partial charge in [-0.3, -0.25) is 0 Å². The lowest BCUT2D eigenvalue weighted by molar-refractivity contribution is 0.790. The van der Waals surface area contributed by atoms with Crippen LogP contribution < -0.4 is 0 Å². The Hall–Kier alpha value is -2.34. The van der Waals surface area contributed by atoms with E-state index in [1.807, 2.05) is 0 Å². The minimum Gasteiger partial charge on any atom is -0.0649 e. The lowest BCUT2D eigenvalue weighted by atomic mass is 9.89. The SMILES string of the molecule is CC1C(CCC2=Cc3ccccc3C2)=CC=C1c1ccccc1. The van der Waals surface area contributed by atoms with Gasteiger partial charge in [0.2, 0.25) is 0 Å². The lowest BCUT2D eigenvalue weighted by Gasteiger charge is -2.15. The summed E-state index contributed by atoms with van der Waals surface area (Å²) >= 11 is 0. The maximum absolute atomic E-state index is 2.39. The molecule has 2 aliphatic rings. The molecule has 0 heteroatoms. The molecule has 0 N–H and O–H groups in total. The van der Waals surface area contributed by atoms with Gasteiger partial charge in [0.15, 0.2) is 0 Å². The van der Waals surface area contributed by atoms with E-state index in [1.165, 1.54) is 35.1 Å². The van der Waals surface area contributed by atoms with Crippen LogP contribution in [-0.2, 0) is 6.42 Å². The van der Waals surface area contributed by atoms with E-state index in [0.717, 1.165) is 6.42 Å². The Morgan fingerprint density at radius 1 is 0.870 bits per heavy atom. The molecule has 0 aromatic heterocycles. The number of hydrogen-bond donors (Lipinski definition) is 0. The van der Waals surface area contributed by atoms with Gasteiger partial charge >= 0.3 is 0 Å². The predicted octanol–water partition coefficient (Wildman–Crippen LogP) is 6.07. The second kappa shape index (κ2) is 6.04. The Balaban J connectivity index is 1.39. The van der Waals surface area contributed by atoms with Crippen LogP contribution in [0.3, 0.4) is 0 Å². The first kappa shape index (κ1) is 14.3. The van der Waals surface area contributed by atoms with Crippen LogP contribution in [0.1, 0.15) is 36.5 Å². The predicted molar refractivity (Wildman–Crippen MR) is 99.0 cm³/mol. The first-order chi connectivity index (χ1) is 11.3. The second-order valence-electron chi connectivity index (χ2n) is 6.63. The summed E-state index contributed by atoms with van der Waals surface area (Å²) in [7, 11) is 0. The summed E-state index contributed by atoms with van der Waals surface area (Å²) in [6.07, 6.45) is 10.5. The maximum Gasteiger partial charge on any atom is 0.00289 e. The molecule has 0 nitrogen and oxygen atoms in total. The van der Waals surface area contributed by atoms with Gasteiger partial charge in [-0.15, -0.1) is 0 Å². The highest BCUT2D eigenvalue weighted by Crippen LogP contribution is 2.37. The monoisotopic (exact) mass is 298 g/mol. The molecule has 0 heterocycles. The molecule has 1 unspecified atom stereocenters. The smallest absolute Gasteiger partial charge is 0.00289 e. The third kappa shape index (κ3) is 2.82. The number of hydrogen-bond acceptors (Lipinski definition) is 0. The van der Waals surface area contributed by atoms with E-state index in [0.29, 0.717) is 5.92 Å². The van der Waals surface area contributed by atoms with Crippen LogP contribution >= 0.6 is 0 Å². The first-order valence-electron chi connectivity index (χ1n) is 8.54. The summed E-state index contributed by atoms with van der Waals surface area (Å²) in [4.78, 5) is 0. The maximum atomic E-state index is 2.39. The number of rotatable bonds is 4. The van der Waals surface area contributed by atoms with Crippen molar-refractivity contribution in [3.63, 3.8) is 0 Å². The van der Waals surface area contributed by atoms with Gasteiger partial charge in [0.1, 0.15) is 0 Å². The molecule has 0 spiro atoms. The highest BCUT2D eigenvalue weighted by atomic mass is 14.2. The second-order valence-corrected chi connectivity index (χ2v) is 6.63. The summed E-state index contributed by atoms with van der Waals surface area (Å²) in [5, 5.41) is 0. The fraction of sp³-hybridized carbons (Fsp3) is 0.217. The normalized spacial score (nSPS) is 19.2. The molecule has 0 bridgehead atoms. The van der Waals surface area contributed by atoms with E-state index < -0.39 is 0 Å². The molecule has 2 aromatic rings. The zero-order valence-electron chi connectivity index (χ0n) is 13.6. The van der Waals surface area contributed by atoms with Gasteiger partial charge in [-0.1, -0.05) is 90.9 Å². The summed E-state index contributed by atoms with van der Waals surface area (Å²) in [6.45, 7) is 2.34. The molecule has 1 atom stereocenters. The van der Waals surface area contributed by atoms with Gasteiger partial charge in [0.25, 0.3) is 0 Å². The van der Waals surface area contributed by atoms with E-state index >= 15 is 0 Å². The molecular formula is C23H22. The molecule has 2 aromatic carbocycles. The molecule has 0 saturated carbocycles. The molecule has 0 saturated heterocycles. The quantitative estimate of drug-likeness (QED) is 0.643. The fourth-order valence-corrected chi connectivity index (χ4v) is 3.78. The Labute approximate surface area is 138 Å². The third-order valence-electron chi connectivity index (χ3n) is 5.17. The van der Waals surface area contributed by atoms with E-state index in [2.05, 4.69) is 79.7 Å². The zero-order valence-corrected chi connectivity index (χ0v) is 13.6. The largest absolute Gasteiger partial charge is 0.0649 e. The molecule has 23 heavy (non-hydrogen) atoms. The number of benzene rings is 2. The van der Waals surface area contributed by atoms with E-state index in [-0.39, 0.29) is 0 Å². The van der Waals surface area contributed by atoms with Gasteiger partial charge in [0, 0.05) is 5.92 Å². The van der Waals surface area contributed by atoms with E-state index in [1.54, 1.807) is 11.1 Å². The van der Waals surface area contributed by atoms with Crippen molar-refractivity contribution in [1.29, 1.82) is 0 Å². The van der Waals surface area contributed by atoms with Crippen molar-refractivity contribution in [2.75, 3.05) is 0 Å². The van der Waals surface area contributed by atoms with Crippen molar-refractivity contribution in [1.82, 2.24) is 0 Å². The summed E-state index contributed by atoms with van der Waals surface area (Å²) in [5.74, 6) is 0.543. The van der Waals surface area contributed by atoms with Crippen LogP contribution in [0.2, 0.25) is 0 Å². The highest BCUT2D eigenvalue weighted by molar-refractivity contribution is 5.74. The van der Waals surface area contributed by atoms with Crippen LogP contribution in [0.25, 0.3) is 11.6 Å². The molecule has 4 rings (SSSR count). The van der Waals surface area contributed by atoms with Gasteiger partial charge in [-0.05, 0) is 41.5 Å². The Kier molecular flexibility index (Phi) is 3.75. The van der Waals surface area contributed by atoms with Crippen molar-refractivity contribution in [2.45, 2.75) is 26.2 Å². The summed E-state index contributed by atoms with van der Waals surface area (Å²) < 4.78 is 0. The van der Waals surface area contributed by atoms with Gasteiger partial charge in [0.05, 0.1) is 0 Å². The Morgan fingerprint density at radius 3 is 2.48 bits per heavy atom. The molecule has 2 aliphatic carbocycles. The van der Waals surface area contributed by atoms with Gasteiger partial charge in [-0.2, -0.15) is 0 Å². The minimum absolute atomic E-state index is 0.543. The Morgan fingerprint density at radius 2 is 1.65 bits per heavy atom. The van der Waals surface area contributed by atoms with Crippen LogP contribution in [-0.4, -0.2) is 0 Å². The van der Waals surface area contributed by atoms with Gasteiger partial charge < -0.3 is 0 Å². The molecule has 114 valence electrons. The van der Waals surface area contributed by atoms with Crippen molar-refractivity contribution in [3.05, 3.63) is 94.6 Å².